The molecule has 0 bridgehead atoms. The van der Waals surface area contributed by atoms with Gasteiger partial charge in [0.1, 0.15) is 0 Å². The Balaban J connectivity index is 1.50. The highest BCUT2D eigenvalue weighted by molar-refractivity contribution is 5.95. The first kappa shape index (κ1) is 17.6. The molecule has 2 aromatic carbocycles. The van der Waals surface area contributed by atoms with Crippen LogP contribution < -0.4 is 5.32 Å². The van der Waals surface area contributed by atoms with E-state index < -0.39 is 0 Å². The second kappa shape index (κ2) is 7.81. The molecule has 0 fully saturated rings. The normalized spacial score (nSPS) is 10.3. The van der Waals surface area contributed by atoms with Crippen molar-refractivity contribution in [2.24, 2.45) is 0 Å². The summed E-state index contributed by atoms with van der Waals surface area (Å²) in [6.45, 7) is 2.29. The molecule has 0 aliphatic heterocycles. The van der Waals surface area contributed by atoms with E-state index in [1.54, 1.807) is 12.4 Å². The Bertz CT molecular complexity index is 1180. The molecule has 1 N–H and O–H groups in total. The lowest BCUT2D eigenvalue weighted by Gasteiger charge is -2.07. The number of hydrogen-bond acceptors (Lipinski definition) is 2. The number of hydrogen-bond donors (Lipinski definition) is 1. The van der Waals surface area contributed by atoms with Crippen LogP contribution in [0, 0.1) is 12.0 Å². The van der Waals surface area contributed by atoms with Crippen LogP contribution in [0.4, 0.5) is 0 Å². The molecule has 4 heteroatoms. The molecule has 0 spiro atoms. The highest BCUT2D eigenvalue weighted by Gasteiger charge is 2.07. The smallest absolute Gasteiger partial charge is 0.251 e. The predicted octanol–water partition coefficient (Wildman–Crippen LogP) is 4.46. The van der Waals surface area contributed by atoms with Gasteiger partial charge in [-0.05, 0) is 60.0 Å². The Morgan fingerprint density at radius 2 is 1.89 bits per heavy atom. The van der Waals surface area contributed by atoms with Crippen LogP contribution in [-0.2, 0) is 6.54 Å². The Hall–Kier alpha value is -3.84. The molecule has 0 aliphatic carbocycles. The number of aromatic nitrogens is 2. The molecule has 1 amide bonds. The van der Waals surface area contributed by atoms with Gasteiger partial charge in [-0.25, -0.2) is 0 Å². The fraction of sp³-hybridized carbons (Fsp3) is 0.0833. The van der Waals surface area contributed by atoms with E-state index in [1.165, 1.54) is 0 Å². The minimum absolute atomic E-state index is 0.0962. The molecule has 0 radical (unpaired) electrons. The summed E-state index contributed by atoms with van der Waals surface area (Å²) >= 11 is 0. The molecule has 0 atom stereocenters. The van der Waals surface area contributed by atoms with Crippen LogP contribution in [0.3, 0.4) is 0 Å². The van der Waals surface area contributed by atoms with Gasteiger partial charge >= 0.3 is 0 Å². The number of carbonyl (C=O) groups is 1. The van der Waals surface area contributed by atoms with Crippen molar-refractivity contribution < 1.29 is 4.79 Å². The van der Waals surface area contributed by atoms with Crippen LogP contribution in [0.25, 0.3) is 22.0 Å². The van der Waals surface area contributed by atoms with Gasteiger partial charge in [-0.15, -0.1) is 0 Å². The zero-order valence-electron chi connectivity index (χ0n) is 15.5. The fourth-order valence-electron chi connectivity index (χ4n) is 3.14. The third-order valence-electron chi connectivity index (χ3n) is 4.58. The van der Waals surface area contributed by atoms with Gasteiger partial charge in [0.05, 0.1) is 5.52 Å². The summed E-state index contributed by atoms with van der Waals surface area (Å²) in [5.41, 5.74) is 4.88. The van der Waals surface area contributed by atoms with E-state index in [1.807, 2.05) is 54.1 Å². The first-order valence-electron chi connectivity index (χ1n) is 9.06. The van der Waals surface area contributed by atoms with Crippen LogP contribution in [0.1, 0.15) is 22.8 Å². The van der Waals surface area contributed by atoms with E-state index in [2.05, 4.69) is 46.5 Å². The molecular formula is C24H19N3O. The van der Waals surface area contributed by atoms with Gasteiger partial charge in [0, 0.05) is 42.1 Å². The zero-order valence-corrected chi connectivity index (χ0v) is 15.5. The number of nitrogens with zero attached hydrogens (tertiary/aromatic N) is 2. The van der Waals surface area contributed by atoms with E-state index in [4.69, 9.17) is 0 Å². The summed E-state index contributed by atoms with van der Waals surface area (Å²) in [6.07, 6.45) is 5.44. The van der Waals surface area contributed by atoms with E-state index in [0.717, 1.165) is 27.6 Å². The number of benzene rings is 2. The first-order valence-corrected chi connectivity index (χ1v) is 9.06. The van der Waals surface area contributed by atoms with Gasteiger partial charge in [-0.1, -0.05) is 30.2 Å². The van der Waals surface area contributed by atoms with E-state index in [-0.39, 0.29) is 5.91 Å². The maximum absolute atomic E-state index is 12.4. The van der Waals surface area contributed by atoms with Crippen molar-refractivity contribution in [3.63, 3.8) is 0 Å². The van der Waals surface area contributed by atoms with Crippen molar-refractivity contribution in [2.45, 2.75) is 13.5 Å². The molecule has 28 heavy (non-hydrogen) atoms. The maximum Gasteiger partial charge on any atom is 0.251 e. The summed E-state index contributed by atoms with van der Waals surface area (Å²) in [5.74, 6) is 2.82. The van der Waals surface area contributed by atoms with Gasteiger partial charge in [0.15, 0.2) is 0 Å². The molecule has 0 unspecified atom stereocenters. The van der Waals surface area contributed by atoms with Crippen LogP contribution in [0.15, 0.2) is 79.3 Å². The monoisotopic (exact) mass is 365 g/mol. The fourth-order valence-corrected chi connectivity index (χ4v) is 3.14. The van der Waals surface area contributed by atoms with Crippen molar-refractivity contribution >= 4 is 16.8 Å². The molecule has 0 aliphatic rings. The zero-order chi connectivity index (χ0) is 19.3. The number of amides is 1. The minimum Gasteiger partial charge on any atom is -0.348 e. The Labute approximate surface area is 163 Å². The van der Waals surface area contributed by atoms with Crippen molar-refractivity contribution in [1.82, 2.24) is 14.9 Å². The van der Waals surface area contributed by atoms with Crippen molar-refractivity contribution in [2.75, 3.05) is 0 Å². The maximum atomic E-state index is 12.4. The third kappa shape index (κ3) is 3.65. The highest BCUT2D eigenvalue weighted by atomic mass is 16.1. The molecular weight excluding hydrogens is 346 g/mol. The minimum atomic E-state index is -0.0962. The average molecular weight is 365 g/mol. The van der Waals surface area contributed by atoms with Crippen LogP contribution >= 0.6 is 0 Å². The summed E-state index contributed by atoms with van der Waals surface area (Å²) in [4.78, 5) is 16.4. The molecule has 4 aromatic rings. The largest absolute Gasteiger partial charge is 0.348 e. The second-order valence-electron chi connectivity index (χ2n) is 6.44. The summed E-state index contributed by atoms with van der Waals surface area (Å²) < 4.78 is 1.93. The van der Waals surface area contributed by atoms with Gasteiger partial charge in [0.2, 0.25) is 0 Å². The number of pyridine rings is 1. The van der Waals surface area contributed by atoms with E-state index >= 15 is 0 Å². The Morgan fingerprint density at radius 3 is 2.64 bits per heavy atom. The lowest BCUT2D eigenvalue weighted by atomic mass is 10.0. The molecule has 0 saturated carbocycles. The third-order valence-corrected chi connectivity index (χ3v) is 4.58. The lowest BCUT2D eigenvalue weighted by Crippen LogP contribution is -2.22. The topological polar surface area (TPSA) is 46.9 Å². The quantitative estimate of drug-likeness (QED) is 0.543. The first-order chi connectivity index (χ1) is 13.7. The number of nitrogens with one attached hydrogen (secondary N) is 1. The Morgan fingerprint density at radius 1 is 1.07 bits per heavy atom. The lowest BCUT2D eigenvalue weighted by molar-refractivity contribution is 0.0951. The van der Waals surface area contributed by atoms with Crippen LogP contribution in [0.5, 0.6) is 0 Å². The van der Waals surface area contributed by atoms with Crippen LogP contribution in [-0.4, -0.2) is 15.5 Å². The second-order valence-corrected chi connectivity index (χ2v) is 6.44. The highest BCUT2D eigenvalue weighted by Crippen LogP contribution is 2.25. The summed E-state index contributed by atoms with van der Waals surface area (Å²) in [5, 5.41) is 4.06. The molecule has 2 heterocycles. The molecule has 2 aromatic heterocycles. The summed E-state index contributed by atoms with van der Waals surface area (Å²) in [7, 11) is 0. The number of fused-ring (bicyclic) bond motifs is 1. The van der Waals surface area contributed by atoms with Crippen molar-refractivity contribution in [3.8, 4) is 23.1 Å². The predicted molar refractivity (Wildman–Crippen MR) is 112 cm³/mol. The van der Waals surface area contributed by atoms with E-state index in [9.17, 15) is 4.79 Å². The van der Waals surface area contributed by atoms with Crippen LogP contribution in [0.2, 0.25) is 0 Å². The van der Waals surface area contributed by atoms with E-state index in [0.29, 0.717) is 12.1 Å². The SMILES string of the molecule is CC#Cn1ccc2cc(-c3ccc(C(=O)NCc4cccnc4)cc3)ccc21. The number of carbonyl (C=O) groups excluding carboxylic acids is 1. The van der Waals surface area contributed by atoms with Crippen molar-refractivity contribution in [3.05, 3.63) is 90.4 Å². The summed E-state index contributed by atoms with van der Waals surface area (Å²) in [6, 6.07) is 22.9. The molecule has 136 valence electrons. The average Bonchev–Trinajstić information content (AvgIpc) is 3.15. The Kier molecular flexibility index (Phi) is 4.90. The van der Waals surface area contributed by atoms with Gasteiger partial charge in [-0.3, -0.25) is 14.3 Å². The van der Waals surface area contributed by atoms with Crippen molar-refractivity contribution in [1.29, 1.82) is 0 Å². The molecule has 0 saturated heterocycles. The van der Waals surface area contributed by atoms with Gasteiger partial charge in [-0.2, -0.15) is 0 Å². The molecule has 4 rings (SSSR count). The molecule has 4 nitrogen and oxygen atoms in total. The number of rotatable bonds is 4. The standard InChI is InChI=1S/C24H19N3O/c1-2-13-27-14-11-22-15-21(9-10-23(22)27)19-5-7-20(8-6-19)24(28)26-17-18-4-3-12-25-16-18/h3-12,14-16H,17H2,1H3,(H,26,28). The van der Waals surface area contributed by atoms with Gasteiger partial charge in [0.25, 0.3) is 5.91 Å². The van der Waals surface area contributed by atoms with Gasteiger partial charge < -0.3 is 5.32 Å².